The molecule has 32 heavy (non-hydrogen) atoms. The first-order valence-corrected chi connectivity index (χ1v) is 10.8. The van der Waals surface area contributed by atoms with Gasteiger partial charge in [-0.05, 0) is 39.2 Å². The topological polar surface area (TPSA) is 83.4 Å². The summed E-state index contributed by atoms with van der Waals surface area (Å²) in [6.07, 6.45) is 4.42. The monoisotopic (exact) mass is 438 g/mol. The van der Waals surface area contributed by atoms with Crippen molar-refractivity contribution in [3.05, 3.63) is 56.6 Å². The Morgan fingerprint density at radius 2 is 1.97 bits per heavy atom. The molecule has 2 aliphatic rings. The van der Waals surface area contributed by atoms with E-state index in [1.165, 1.54) is 13.3 Å². The maximum absolute atomic E-state index is 14.6. The second-order valence-electron chi connectivity index (χ2n) is 8.78. The lowest BCUT2D eigenvalue weighted by Gasteiger charge is -2.31. The van der Waals surface area contributed by atoms with Gasteiger partial charge in [-0.2, -0.15) is 5.26 Å². The summed E-state index contributed by atoms with van der Waals surface area (Å²) in [6.45, 7) is 4.89. The number of ketones is 1. The molecule has 0 bridgehead atoms. The molecule has 5 nitrogen and oxygen atoms in total. The molecule has 2 atom stereocenters. The number of aliphatic imine (C=N–C) groups is 1. The lowest BCUT2D eigenvalue weighted by atomic mass is 9.73. The van der Waals surface area contributed by atoms with Gasteiger partial charge in [0.1, 0.15) is 16.7 Å². The van der Waals surface area contributed by atoms with Crippen LogP contribution in [0, 0.1) is 41.7 Å². The Hall–Kier alpha value is -3.14. The number of hydrogen-bond acceptors (Lipinski definition) is 5. The predicted molar refractivity (Wildman–Crippen MR) is 116 cm³/mol. The van der Waals surface area contributed by atoms with Gasteiger partial charge in [-0.15, -0.1) is 0 Å². The van der Waals surface area contributed by atoms with Crippen molar-refractivity contribution >= 4 is 22.5 Å². The zero-order chi connectivity index (χ0) is 23.2. The minimum absolute atomic E-state index is 0.117. The molecule has 0 radical (unpaired) electrons. The van der Waals surface area contributed by atoms with Crippen LogP contribution in [0.4, 0.5) is 8.78 Å². The Morgan fingerprint density at radius 1 is 1.25 bits per heavy atom. The molecular formula is C25H24F2N2O3. The fourth-order valence-corrected chi connectivity index (χ4v) is 4.79. The van der Waals surface area contributed by atoms with Crippen molar-refractivity contribution in [3.8, 4) is 6.07 Å². The highest BCUT2D eigenvalue weighted by Crippen LogP contribution is 2.43. The Balaban J connectivity index is 1.92. The minimum atomic E-state index is -1.30. The smallest absolute Gasteiger partial charge is 0.196 e. The second kappa shape index (κ2) is 8.42. The van der Waals surface area contributed by atoms with Gasteiger partial charge < -0.3 is 4.42 Å². The summed E-state index contributed by atoms with van der Waals surface area (Å²) in [5.74, 6) is -3.73. The van der Waals surface area contributed by atoms with Crippen LogP contribution in [0.3, 0.4) is 0 Å². The highest BCUT2D eigenvalue weighted by atomic mass is 19.2. The maximum Gasteiger partial charge on any atom is 0.196 e. The van der Waals surface area contributed by atoms with Gasteiger partial charge in [0.25, 0.3) is 0 Å². The number of benzene rings is 1. The van der Waals surface area contributed by atoms with Gasteiger partial charge in [0.2, 0.25) is 0 Å². The van der Waals surface area contributed by atoms with E-state index < -0.39 is 34.3 Å². The van der Waals surface area contributed by atoms with Crippen LogP contribution in [0.15, 0.2) is 37.6 Å². The predicted octanol–water partition coefficient (Wildman–Crippen LogP) is 5.50. The lowest BCUT2D eigenvalue weighted by molar-refractivity contribution is -0.116. The highest BCUT2D eigenvalue weighted by Gasteiger charge is 2.39. The van der Waals surface area contributed by atoms with Gasteiger partial charge >= 0.3 is 0 Å². The van der Waals surface area contributed by atoms with Crippen molar-refractivity contribution in [2.24, 2.45) is 16.8 Å². The molecule has 1 aliphatic carbocycles. The third-order valence-corrected chi connectivity index (χ3v) is 6.65. The first-order chi connectivity index (χ1) is 15.2. The summed E-state index contributed by atoms with van der Waals surface area (Å²) in [5, 5.41) is 9.41. The zero-order valence-corrected chi connectivity index (χ0v) is 18.3. The molecule has 2 heterocycles. The first kappa shape index (κ1) is 22.1. The third kappa shape index (κ3) is 3.68. The number of Topliss-reactive ketones (excluding diaryl/α,β-unsaturated/α-hetero) is 1. The molecule has 0 amide bonds. The number of carbonyl (C=O) groups is 1. The van der Waals surface area contributed by atoms with Crippen molar-refractivity contribution < 1.29 is 18.0 Å². The van der Waals surface area contributed by atoms with Crippen LogP contribution >= 0.6 is 0 Å². The Kier molecular flexibility index (Phi) is 5.81. The van der Waals surface area contributed by atoms with Crippen LogP contribution < -0.4 is 5.43 Å². The Morgan fingerprint density at radius 3 is 2.59 bits per heavy atom. The first-order valence-electron chi connectivity index (χ1n) is 10.8. The number of nitriles is 1. The number of aryl methyl sites for hydroxylation is 1. The molecular weight excluding hydrogens is 414 g/mol. The van der Waals surface area contributed by atoms with E-state index in [-0.39, 0.29) is 22.7 Å². The number of rotatable bonds is 5. The van der Waals surface area contributed by atoms with Crippen LogP contribution in [-0.4, -0.2) is 11.5 Å². The molecule has 1 saturated carbocycles. The molecule has 1 aliphatic heterocycles. The van der Waals surface area contributed by atoms with Gasteiger partial charge in [-0.3, -0.25) is 14.6 Å². The number of allylic oxidation sites excluding steroid dienone is 2. The number of nitrogens with zero attached hydrogens (tertiary/aromatic N) is 2. The fraction of sp³-hybridized carbons (Fsp3) is 0.440. The van der Waals surface area contributed by atoms with Crippen molar-refractivity contribution in [2.45, 2.75) is 58.8 Å². The van der Waals surface area contributed by atoms with Gasteiger partial charge in [0.15, 0.2) is 22.8 Å². The number of carbonyl (C=O) groups excluding carboxylic acids is 1. The molecule has 166 valence electrons. The normalized spacial score (nSPS) is 21.3. The van der Waals surface area contributed by atoms with Crippen molar-refractivity contribution in [3.63, 3.8) is 0 Å². The van der Waals surface area contributed by atoms with Gasteiger partial charge in [-0.1, -0.05) is 19.3 Å². The molecule has 2 aromatic rings. The van der Waals surface area contributed by atoms with Gasteiger partial charge in [0, 0.05) is 41.0 Å². The van der Waals surface area contributed by atoms with Crippen LogP contribution in [0.1, 0.15) is 63.2 Å². The second-order valence-corrected chi connectivity index (χ2v) is 8.78. The fourth-order valence-electron chi connectivity index (χ4n) is 4.79. The van der Waals surface area contributed by atoms with E-state index >= 15 is 0 Å². The molecule has 1 aromatic heterocycles. The van der Waals surface area contributed by atoms with Crippen LogP contribution in [0.5, 0.6) is 0 Å². The van der Waals surface area contributed by atoms with E-state index in [0.29, 0.717) is 29.3 Å². The van der Waals surface area contributed by atoms with Crippen molar-refractivity contribution in [1.29, 1.82) is 5.26 Å². The summed E-state index contributed by atoms with van der Waals surface area (Å²) in [6, 6.07) is 4.21. The van der Waals surface area contributed by atoms with E-state index in [0.717, 1.165) is 31.4 Å². The average molecular weight is 438 g/mol. The molecule has 4 rings (SSSR count). The summed E-state index contributed by atoms with van der Waals surface area (Å²) in [7, 11) is 0. The highest BCUT2D eigenvalue weighted by molar-refractivity contribution is 6.03. The molecule has 0 N–H and O–H groups in total. The summed E-state index contributed by atoms with van der Waals surface area (Å²) in [5.41, 5.74) is 0.495. The molecule has 1 aromatic carbocycles. The van der Waals surface area contributed by atoms with E-state index in [1.54, 1.807) is 13.8 Å². The number of hydrogen-bond donors (Lipinski definition) is 0. The lowest BCUT2D eigenvalue weighted by Crippen LogP contribution is -2.29. The van der Waals surface area contributed by atoms with E-state index in [4.69, 9.17) is 4.42 Å². The van der Waals surface area contributed by atoms with Gasteiger partial charge in [0.05, 0.1) is 12.0 Å². The van der Waals surface area contributed by atoms with Gasteiger partial charge in [-0.25, -0.2) is 8.78 Å². The van der Waals surface area contributed by atoms with Crippen molar-refractivity contribution in [1.82, 2.24) is 0 Å². The number of fused-ring (bicyclic) bond motifs is 1. The Labute approximate surface area is 184 Å². The van der Waals surface area contributed by atoms with Crippen LogP contribution in [0.25, 0.3) is 11.0 Å². The molecule has 2 unspecified atom stereocenters. The Bertz CT molecular complexity index is 1280. The molecule has 1 fully saturated rings. The van der Waals surface area contributed by atoms with Crippen LogP contribution in [0.2, 0.25) is 0 Å². The average Bonchev–Trinajstić information content (AvgIpc) is 2.68. The SMILES string of the molecule is CC1=NC(C)=C(C(=O)CCC2CCC2)C(c2cc(F)c(F)c3c(=O)cc(C)oc23)C1C#N. The standard InChI is InChI=1S/C25H24F2N2O3/c1-12-9-20(31)23-24(27)18(26)10-16(25(23)32-12)22-17(11-28)13(2)29-14(3)21(22)19(30)8-7-15-5-4-6-15/h9-10,15,17,22H,4-8H2,1-3H3. The maximum atomic E-state index is 14.6. The largest absolute Gasteiger partial charge is 0.461 e. The summed E-state index contributed by atoms with van der Waals surface area (Å²) in [4.78, 5) is 30.2. The van der Waals surface area contributed by atoms with Crippen LogP contribution in [-0.2, 0) is 4.79 Å². The number of halogens is 2. The third-order valence-electron chi connectivity index (χ3n) is 6.65. The molecule has 7 heteroatoms. The molecule has 0 saturated heterocycles. The van der Waals surface area contributed by atoms with E-state index in [1.807, 2.05) is 0 Å². The van der Waals surface area contributed by atoms with E-state index in [2.05, 4.69) is 11.1 Å². The quantitative estimate of drug-likeness (QED) is 0.617. The molecule has 0 spiro atoms. The minimum Gasteiger partial charge on any atom is -0.461 e. The summed E-state index contributed by atoms with van der Waals surface area (Å²) >= 11 is 0. The zero-order valence-electron chi connectivity index (χ0n) is 18.3. The summed E-state index contributed by atoms with van der Waals surface area (Å²) < 4.78 is 34.9. The van der Waals surface area contributed by atoms with E-state index in [9.17, 15) is 23.6 Å². The van der Waals surface area contributed by atoms with Crippen molar-refractivity contribution in [2.75, 3.05) is 0 Å².